The van der Waals surface area contributed by atoms with E-state index in [-0.39, 0.29) is 28.8 Å². The van der Waals surface area contributed by atoms with Gasteiger partial charge >= 0.3 is 12.2 Å². The van der Waals surface area contributed by atoms with Crippen molar-refractivity contribution >= 4 is 18.0 Å². The Kier molecular flexibility index (Phi) is 15.1. The number of aliphatic hydroxyl groups is 1. The van der Waals surface area contributed by atoms with Gasteiger partial charge in [-0.05, 0) is 75.0 Å². The standard InChI is InChI=1S/C28H43NO6.3C2H6/c1-5-13-28-17-27(14-12-22(28)30)18(3)23(31)26(4,6-2)16-20(15-21(27)28)35-25(33)29-24(32)34-19-10-8-7-9-11-19;3*1-2/h6,18-21,23,31H,2,5,7-17H2,1,3-4H3,(H,29,32,33);3*1-2H3/t18?,20-,21?,23?,26+,27?,28?;;;/m0.../s1. The van der Waals surface area contributed by atoms with Crippen LogP contribution in [-0.4, -0.2) is 41.4 Å². The zero-order valence-electron chi connectivity index (χ0n) is 27.6. The Morgan fingerprint density at radius 1 is 1.02 bits per heavy atom. The van der Waals surface area contributed by atoms with Crippen LogP contribution in [0.2, 0.25) is 0 Å². The molecule has 0 aromatic carbocycles. The molecule has 238 valence electrons. The summed E-state index contributed by atoms with van der Waals surface area (Å²) in [5.74, 6) is 0.385. The van der Waals surface area contributed by atoms with E-state index in [4.69, 9.17) is 9.47 Å². The third-order valence-electron chi connectivity index (χ3n) is 10.1. The summed E-state index contributed by atoms with van der Waals surface area (Å²) in [6.45, 7) is 22.2. The summed E-state index contributed by atoms with van der Waals surface area (Å²) in [5, 5.41) is 13.7. The summed E-state index contributed by atoms with van der Waals surface area (Å²) >= 11 is 0. The largest absolute Gasteiger partial charge is 0.446 e. The second-order valence-electron chi connectivity index (χ2n) is 12.0. The minimum atomic E-state index is -0.834. The summed E-state index contributed by atoms with van der Waals surface area (Å²) < 4.78 is 11.2. The number of carbonyl (C=O) groups is 3. The van der Waals surface area contributed by atoms with E-state index in [2.05, 4.69) is 25.7 Å². The molecule has 7 heteroatoms. The lowest BCUT2D eigenvalue weighted by Crippen LogP contribution is -2.69. The van der Waals surface area contributed by atoms with E-state index >= 15 is 0 Å². The van der Waals surface area contributed by atoms with Gasteiger partial charge in [-0.25, -0.2) is 14.9 Å². The molecule has 0 heterocycles. The van der Waals surface area contributed by atoms with Crippen LogP contribution < -0.4 is 5.32 Å². The molecule has 4 rings (SSSR count). The highest BCUT2D eigenvalue weighted by Gasteiger charge is 2.71. The molecule has 7 nitrogen and oxygen atoms in total. The molecule has 0 radical (unpaired) electrons. The lowest BCUT2D eigenvalue weighted by atomic mass is 9.33. The second-order valence-corrected chi connectivity index (χ2v) is 12.0. The van der Waals surface area contributed by atoms with Crippen LogP contribution in [0.3, 0.4) is 0 Å². The van der Waals surface area contributed by atoms with E-state index in [0.717, 1.165) is 57.8 Å². The van der Waals surface area contributed by atoms with Crippen LogP contribution in [0.4, 0.5) is 9.59 Å². The average Bonchev–Trinajstić information content (AvgIpc) is 2.99. The maximum absolute atomic E-state index is 13.2. The number of fused-ring (bicyclic) bond motifs is 2. The van der Waals surface area contributed by atoms with Gasteiger partial charge in [0, 0.05) is 17.3 Å². The molecule has 0 saturated heterocycles. The number of amides is 2. The fraction of sp³-hybridized carbons (Fsp3) is 0.853. The Balaban J connectivity index is 0.00000131. The Labute approximate surface area is 250 Å². The topological polar surface area (TPSA) is 102 Å². The monoisotopic (exact) mass is 579 g/mol. The number of hydrogen-bond acceptors (Lipinski definition) is 6. The van der Waals surface area contributed by atoms with Gasteiger partial charge < -0.3 is 14.6 Å². The van der Waals surface area contributed by atoms with Gasteiger partial charge in [0.1, 0.15) is 18.0 Å². The van der Waals surface area contributed by atoms with Crippen LogP contribution in [0, 0.1) is 28.1 Å². The number of hydrogen-bond donors (Lipinski definition) is 2. The van der Waals surface area contributed by atoms with Crippen LogP contribution in [0.5, 0.6) is 0 Å². The first-order chi connectivity index (χ1) is 19.6. The zero-order chi connectivity index (χ0) is 31.4. The fourth-order valence-corrected chi connectivity index (χ4v) is 8.18. The smallest absolute Gasteiger partial charge is 0.416 e. The van der Waals surface area contributed by atoms with Gasteiger partial charge in [0.2, 0.25) is 0 Å². The van der Waals surface area contributed by atoms with E-state index in [1.807, 2.05) is 48.5 Å². The van der Waals surface area contributed by atoms with E-state index < -0.39 is 29.8 Å². The lowest BCUT2D eigenvalue weighted by Gasteiger charge is -2.70. The molecule has 4 saturated carbocycles. The molecule has 41 heavy (non-hydrogen) atoms. The molecule has 0 aromatic heterocycles. The molecule has 4 aliphatic carbocycles. The van der Waals surface area contributed by atoms with Crippen molar-refractivity contribution in [2.75, 3.05) is 0 Å². The van der Waals surface area contributed by atoms with Gasteiger partial charge in [0.15, 0.2) is 0 Å². The van der Waals surface area contributed by atoms with Crippen molar-refractivity contribution in [3.63, 3.8) is 0 Å². The first kappa shape index (κ1) is 37.1. The first-order valence-corrected chi connectivity index (χ1v) is 16.6. The number of nitrogens with one attached hydrogen (secondary N) is 1. The van der Waals surface area contributed by atoms with Crippen molar-refractivity contribution in [2.45, 2.75) is 158 Å². The normalized spacial score (nSPS) is 35.8. The van der Waals surface area contributed by atoms with Crippen molar-refractivity contribution in [2.24, 2.45) is 28.1 Å². The molecule has 2 amide bonds. The molecule has 2 bridgehead atoms. The van der Waals surface area contributed by atoms with Crippen molar-refractivity contribution in [3.05, 3.63) is 12.7 Å². The van der Waals surface area contributed by atoms with Crippen LogP contribution >= 0.6 is 0 Å². The van der Waals surface area contributed by atoms with Crippen LogP contribution in [0.25, 0.3) is 0 Å². The highest BCUT2D eigenvalue weighted by atomic mass is 16.6. The van der Waals surface area contributed by atoms with Crippen molar-refractivity contribution in [1.82, 2.24) is 5.32 Å². The van der Waals surface area contributed by atoms with Gasteiger partial charge in [0.25, 0.3) is 0 Å². The SMILES string of the molecule is C=C[C@]1(C)C[C@@H](OC(=O)NC(=O)OC2CCCCC2)CC2C3(CCC)CC2(CCC3=O)C(C)C1O.CC.CC.CC. The molecule has 0 aliphatic heterocycles. The summed E-state index contributed by atoms with van der Waals surface area (Å²) in [6, 6.07) is 0. The molecule has 4 aliphatic rings. The second kappa shape index (κ2) is 16.7. The highest BCUT2D eigenvalue weighted by molar-refractivity contribution is 5.89. The minimum Gasteiger partial charge on any atom is -0.446 e. The van der Waals surface area contributed by atoms with E-state index in [1.54, 1.807) is 6.08 Å². The number of carbonyl (C=O) groups excluding carboxylic acids is 3. The fourth-order valence-electron chi connectivity index (χ4n) is 8.18. The number of ketones is 1. The van der Waals surface area contributed by atoms with Gasteiger partial charge in [-0.3, -0.25) is 4.79 Å². The quantitative estimate of drug-likeness (QED) is 0.316. The molecule has 0 aromatic rings. The number of ether oxygens (including phenoxy) is 2. The van der Waals surface area contributed by atoms with Crippen molar-refractivity contribution in [1.29, 1.82) is 0 Å². The molecule has 2 N–H and O–H groups in total. The van der Waals surface area contributed by atoms with Crippen molar-refractivity contribution < 1.29 is 29.0 Å². The number of Topliss-reactive ketones (excluding diaryl/α,β-unsaturated/α-hetero) is 1. The summed E-state index contributed by atoms with van der Waals surface area (Å²) in [4.78, 5) is 38.2. The molecule has 5 unspecified atom stereocenters. The molecular formula is C34H61NO6. The molecular weight excluding hydrogens is 518 g/mol. The Bertz CT molecular complexity index is 854. The Morgan fingerprint density at radius 3 is 2.12 bits per heavy atom. The molecule has 1 spiro atoms. The maximum atomic E-state index is 13.2. The highest BCUT2D eigenvalue weighted by Crippen LogP contribution is 2.73. The summed E-state index contributed by atoms with van der Waals surface area (Å²) in [7, 11) is 0. The Morgan fingerprint density at radius 2 is 1.59 bits per heavy atom. The Hall–Kier alpha value is -1.89. The number of imide groups is 1. The summed E-state index contributed by atoms with van der Waals surface area (Å²) in [5.41, 5.74) is -1.19. The van der Waals surface area contributed by atoms with Gasteiger partial charge in [-0.2, -0.15) is 0 Å². The van der Waals surface area contributed by atoms with Gasteiger partial charge in [-0.15, -0.1) is 6.58 Å². The van der Waals surface area contributed by atoms with E-state index in [9.17, 15) is 19.5 Å². The number of alkyl carbamates (subject to hydrolysis) is 2. The average molecular weight is 580 g/mol. The molecule has 4 fully saturated rings. The summed E-state index contributed by atoms with van der Waals surface area (Å²) in [6.07, 6.45) is 8.40. The zero-order valence-corrected chi connectivity index (χ0v) is 27.6. The van der Waals surface area contributed by atoms with Crippen molar-refractivity contribution in [3.8, 4) is 0 Å². The predicted molar refractivity (Wildman–Crippen MR) is 166 cm³/mol. The van der Waals surface area contributed by atoms with E-state index in [0.29, 0.717) is 25.0 Å². The van der Waals surface area contributed by atoms with Crippen LogP contribution in [-0.2, 0) is 14.3 Å². The van der Waals surface area contributed by atoms with Gasteiger partial charge in [0.05, 0.1) is 6.10 Å². The number of aliphatic hydroxyl groups excluding tert-OH is 1. The molecule has 7 atom stereocenters. The van der Waals surface area contributed by atoms with Crippen LogP contribution in [0.1, 0.15) is 139 Å². The third-order valence-corrected chi connectivity index (χ3v) is 10.1. The maximum Gasteiger partial charge on any atom is 0.416 e. The minimum absolute atomic E-state index is 0.00817. The third kappa shape index (κ3) is 7.74. The first-order valence-electron chi connectivity index (χ1n) is 16.6. The van der Waals surface area contributed by atoms with Crippen LogP contribution in [0.15, 0.2) is 12.7 Å². The predicted octanol–water partition coefficient (Wildman–Crippen LogP) is 8.77. The van der Waals surface area contributed by atoms with Gasteiger partial charge in [-0.1, -0.05) is 81.2 Å². The lowest BCUT2D eigenvalue weighted by molar-refractivity contribution is -0.235. The number of rotatable bonds is 5. The van der Waals surface area contributed by atoms with E-state index in [1.165, 1.54) is 0 Å².